The number of halogens is 2. The molecule has 1 heterocycles. The molecule has 1 atom stereocenters. The number of methoxy groups -OCH3 is 1. The van der Waals surface area contributed by atoms with E-state index >= 15 is 0 Å². The molecule has 0 aromatic rings. The van der Waals surface area contributed by atoms with Crippen LogP contribution in [-0.4, -0.2) is 23.9 Å². The van der Waals surface area contributed by atoms with Crippen molar-refractivity contribution in [3.8, 4) is 0 Å². The predicted octanol–water partition coefficient (Wildman–Crippen LogP) is 1.22. The Bertz CT molecular complexity index is 300. The van der Waals surface area contributed by atoms with Crippen molar-refractivity contribution in [3.05, 3.63) is 22.3 Å². The smallest absolute Gasteiger partial charge is 0.363 e. The van der Waals surface area contributed by atoms with Crippen LogP contribution in [0.15, 0.2) is 22.3 Å². The molecule has 0 radical (unpaired) electrons. The van der Waals surface area contributed by atoms with Crippen LogP contribution in [0, 0.1) is 0 Å². The summed E-state index contributed by atoms with van der Waals surface area (Å²) in [6, 6.07) is 0. The molecule has 0 amide bonds. The number of rotatable bonds is 2. The molecule has 1 unspecified atom stereocenters. The third kappa shape index (κ3) is 1.65. The van der Waals surface area contributed by atoms with Crippen LogP contribution in [0.2, 0.25) is 0 Å². The molecule has 1 aliphatic heterocycles. The van der Waals surface area contributed by atoms with Crippen LogP contribution >= 0.6 is 23.2 Å². The lowest BCUT2D eigenvalue weighted by atomic mass is 10.1. The summed E-state index contributed by atoms with van der Waals surface area (Å²) in [6.07, 6.45) is 2.82. The lowest BCUT2D eigenvalue weighted by molar-refractivity contribution is -0.159. The van der Waals surface area contributed by atoms with Crippen molar-refractivity contribution in [1.29, 1.82) is 0 Å². The lowest BCUT2D eigenvalue weighted by Crippen LogP contribution is -2.54. The van der Waals surface area contributed by atoms with Crippen molar-refractivity contribution in [3.63, 3.8) is 0 Å². The van der Waals surface area contributed by atoms with Crippen molar-refractivity contribution in [2.45, 2.75) is 5.72 Å². The van der Waals surface area contributed by atoms with Gasteiger partial charge in [-0.15, -0.1) is 0 Å². The number of hydrogen-bond acceptors (Lipinski definition) is 3. The van der Waals surface area contributed by atoms with Crippen LogP contribution in [0.4, 0.5) is 0 Å². The van der Waals surface area contributed by atoms with E-state index in [1.807, 2.05) is 0 Å². The minimum atomic E-state index is -1.76. The quantitative estimate of drug-likeness (QED) is 0.692. The number of dihydropyridines is 1. The molecular formula is C7H7Cl2NO3. The van der Waals surface area contributed by atoms with Gasteiger partial charge in [-0.25, -0.2) is 4.79 Å². The Labute approximate surface area is 84.8 Å². The SMILES string of the molecule is COC1(C(=O)O)NC(Cl)=CC=C1Cl. The largest absolute Gasteiger partial charge is 0.477 e. The monoisotopic (exact) mass is 223 g/mol. The van der Waals surface area contributed by atoms with Gasteiger partial charge in [-0.3, -0.25) is 0 Å². The molecule has 72 valence electrons. The van der Waals surface area contributed by atoms with E-state index in [-0.39, 0.29) is 10.2 Å². The fourth-order valence-electron chi connectivity index (χ4n) is 0.925. The molecule has 4 nitrogen and oxygen atoms in total. The number of carboxylic acids is 1. The summed E-state index contributed by atoms with van der Waals surface area (Å²) in [4.78, 5) is 10.9. The zero-order valence-corrected chi connectivity index (χ0v) is 8.19. The number of hydrogen-bond donors (Lipinski definition) is 2. The van der Waals surface area contributed by atoms with Crippen LogP contribution in [0.25, 0.3) is 0 Å². The second-order valence-corrected chi connectivity index (χ2v) is 3.16. The normalized spacial score (nSPS) is 27.3. The van der Waals surface area contributed by atoms with Gasteiger partial charge >= 0.3 is 5.97 Å². The molecule has 0 saturated heterocycles. The number of aliphatic carboxylic acids is 1. The second kappa shape index (κ2) is 3.57. The third-order valence-corrected chi connectivity index (χ3v) is 2.23. The average molecular weight is 224 g/mol. The highest BCUT2D eigenvalue weighted by atomic mass is 35.5. The Morgan fingerprint density at radius 3 is 2.62 bits per heavy atom. The molecular weight excluding hydrogens is 217 g/mol. The lowest BCUT2D eigenvalue weighted by Gasteiger charge is -2.30. The molecule has 0 saturated carbocycles. The number of carboxylic acid groups (broad SMARTS) is 1. The standard InChI is InChI=1S/C7H7Cl2NO3/c1-13-7(6(11)12)4(8)2-3-5(9)10-7/h2-3,10H,1H3,(H,11,12). The number of carbonyl (C=O) groups is 1. The Morgan fingerprint density at radius 2 is 2.23 bits per heavy atom. The Kier molecular flexibility index (Phi) is 2.85. The molecule has 1 aliphatic rings. The second-order valence-electron chi connectivity index (χ2n) is 2.34. The van der Waals surface area contributed by atoms with Gasteiger partial charge in [0.15, 0.2) is 0 Å². The molecule has 0 spiro atoms. The Hall–Kier alpha value is -0.710. The van der Waals surface area contributed by atoms with Crippen LogP contribution in [0.1, 0.15) is 0 Å². The summed E-state index contributed by atoms with van der Waals surface area (Å²) in [6.45, 7) is 0. The van der Waals surface area contributed by atoms with Gasteiger partial charge < -0.3 is 15.2 Å². The summed E-state index contributed by atoms with van der Waals surface area (Å²) in [5.41, 5.74) is -1.76. The Balaban J connectivity index is 3.10. The highest BCUT2D eigenvalue weighted by molar-refractivity contribution is 6.34. The summed E-state index contributed by atoms with van der Waals surface area (Å²) >= 11 is 11.3. The van der Waals surface area contributed by atoms with E-state index in [4.69, 9.17) is 33.0 Å². The zero-order chi connectivity index (χ0) is 10.1. The van der Waals surface area contributed by atoms with Gasteiger partial charge in [-0.2, -0.15) is 0 Å². The van der Waals surface area contributed by atoms with Gasteiger partial charge in [0, 0.05) is 7.11 Å². The van der Waals surface area contributed by atoms with Crippen molar-refractivity contribution in [2.75, 3.05) is 7.11 Å². The van der Waals surface area contributed by atoms with E-state index < -0.39 is 11.7 Å². The van der Waals surface area contributed by atoms with Crippen molar-refractivity contribution < 1.29 is 14.6 Å². The van der Waals surface area contributed by atoms with Gasteiger partial charge in [-0.1, -0.05) is 23.2 Å². The van der Waals surface area contributed by atoms with Gasteiger partial charge in [0.2, 0.25) is 0 Å². The first-order chi connectivity index (χ1) is 6.03. The molecule has 0 fully saturated rings. The first-order valence-electron chi connectivity index (χ1n) is 3.33. The van der Waals surface area contributed by atoms with Gasteiger partial charge in [-0.05, 0) is 12.2 Å². The molecule has 0 aromatic carbocycles. The van der Waals surface area contributed by atoms with Crippen LogP contribution in [0.5, 0.6) is 0 Å². The minimum Gasteiger partial charge on any atom is -0.477 e. The topological polar surface area (TPSA) is 58.6 Å². The molecule has 2 N–H and O–H groups in total. The minimum absolute atomic E-state index is 0.0203. The summed E-state index contributed by atoms with van der Waals surface area (Å²) < 4.78 is 4.79. The first-order valence-corrected chi connectivity index (χ1v) is 4.08. The zero-order valence-electron chi connectivity index (χ0n) is 6.67. The van der Waals surface area contributed by atoms with E-state index in [1.54, 1.807) is 0 Å². The van der Waals surface area contributed by atoms with Crippen LogP contribution in [-0.2, 0) is 9.53 Å². The van der Waals surface area contributed by atoms with E-state index in [0.717, 1.165) is 0 Å². The van der Waals surface area contributed by atoms with Crippen molar-refractivity contribution >= 4 is 29.2 Å². The fourth-order valence-corrected chi connectivity index (χ4v) is 1.39. The van der Waals surface area contributed by atoms with E-state index in [2.05, 4.69) is 5.32 Å². The third-order valence-electron chi connectivity index (χ3n) is 1.62. The molecule has 13 heavy (non-hydrogen) atoms. The maximum atomic E-state index is 10.9. The maximum absolute atomic E-state index is 10.9. The van der Waals surface area contributed by atoms with Crippen LogP contribution < -0.4 is 5.32 Å². The summed E-state index contributed by atoms with van der Waals surface area (Å²) in [5, 5.41) is 11.5. The molecule has 0 aromatic heterocycles. The van der Waals surface area contributed by atoms with Gasteiger partial charge in [0.1, 0.15) is 5.16 Å². The number of ether oxygens (including phenoxy) is 1. The molecule has 6 heteroatoms. The average Bonchev–Trinajstić information content (AvgIpc) is 2.09. The predicted molar refractivity (Wildman–Crippen MR) is 48.4 cm³/mol. The van der Waals surface area contributed by atoms with Gasteiger partial charge in [0.25, 0.3) is 5.72 Å². The molecule has 0 aliphatic carbocycles. The summed E-state index contributed by atoms with van der Waals surface area (Å²) in [7, 11) is 1.23. The molecule has 1 rings (SSSR count). The fraction of sp³-hybridized carbons (Fsp3) is 0.286. The van der Waals surface area contributed by atoms with Crippen LogP contribution in [0.3, 0.4) is 0 Å². The molecule has 0 bridgehead atoms. The highest BCUT2D eigenvalue weighted by Gasteiger charge is 2.44. The van der Waals surface area contributed by atoms with Crippen molar-refractivity contribution in [2.24, 2.45) is 0 Å². The number of nitrogens with one attached hydrogen (secondary N) is 1. The maximum Gasteiger partial charge on any atom is 0.363 e. The van der Waals surface area contributed by atoms with Gasteiger partial charge in [0.05, 0.1) is 5.03 Å². The van der Waals surface area contributed by atoms with Crippen molar-refractivity contribution in [1.82, 2.24) is 5.32 Å². The van der Waals surface area contributed by atoms with E-state index in [9.17, 15) is 4.79 Å². The van der Waals surface area contributed by atoms with E-state index in [0.29, 0.717) is 0 Å². The Morgan fingerprint density at radius 1 is 1.62 bits per heavy atom. The number of allylic oxidation sites excluding steroid dienone is 2. The highest BCUT2D eigenvalue weighted by Crippen LogP contribution is 2.28. The first kappa shape index (κ1) is 10.4. The van der Waals surface area contributed by atoms with E-state index in [1.165, 1.54) is 19.3 Å². The summed E-state index contributed by atoms with van der Waals surface area (Å²) in [5.74, 6) is -1.25.